The number of nitriles is 1. The number of methoxy groups -OCH3 is 1. The topological polar surface area (TPSA) is 84.2 Å². The lowest BCUT2D eigenvalue weighted by molar-refractivity contribution is 0.101. The van der Waals surface area contributed by atoms with E-state index in [1.54, 1.807) is 37.6 Å². The van der Waals surface area contributed by atoms with Gasteiger partial charge in [0.2, 0.25) is 5.88 Å². The van der Waals surface area contributed by atoms with Crippen LogP contribution < -0.4 is 14.8 Å². The normalized spacial score (nSPS) is 10.0. The summed E-state index contributed by atoms with van der Waals surface area (Å²) in [5, 5.41) is 12.5. The molecule has 6 heteroatoms. The summed E-state index contributed by atoms with van der Waals surface area (Å²) in [7, 11) is 1.59. The Balaban J connectivity index is 1.82. The SMILES string of the molecule is COc1cccc(Oc2ncccc2CNc2cc(C(C)=O)ccc2C#N)c1. The second-order valence-electron chi connectivity index (χ2n) is 6.03. The first-order valence-electron chi connectivity index (χ1n) is 8.65. The number of rotatable bonds is 7. The van der Waals surface area contributed by atoms with Crippen LogP contribution in [0.5, 0.6) is 17.4 Å². The van der Waals surface area contributed by atoms with Crippen LogP contribution in [0.2, 0.25) is 0 Å². The van der Waals surface area contributed by atoms with Crippen molar-refractivity contribution in [2.45, 2.75) is 13.5 Å². The summed E-state index contributed by atoms with van der Waals surface area (Å²) >= 11 is 0. The van der Waals surface area contributed by atoms with Crippen molar-refractivity contribution >= 4 is 11.5 Å². The maximum atomic E-state index is 11.6. The quantitative estimate of drug-likeness (QED) is 0.611. The molecule has 3 aromatic rings. The van der Waals surface area contributed by atoms with E-state index in [0.717, 1.165) is 5.56 Å². The van der Waals surface area contributed by atoms with Crippen LogP contribution in [0.25, 0.3) is 0 Å². The van der Waals surface area contributed by atoms with Gasteiger partial charge in [-0.2, -0.15) is 5.26 Å². The van der Waals surface area contributed by atoms with Crippen molar-refractivity contribution in [3.05, 3.63) is 77.5 Å². The molecule has 1 heterocycles. The Labute approximate surface area is 163 Å². The van der Waals surface area contributed by atoms with E-state index in [-0.39, 0.29) is 5.78 Å². The van der Waals surface area contributed by atoms with Gasteiger partial charge in [0.15, 0.2) is 5.78 Å². The zero-order valence-electron chi connectivity index (χ0n) is 15.6. The van der Waals surface area contributed by atoms with E-state index in [1.165, 1.54) is 6.92 Å². The van der Waals surface area contributed by atoms with Gasteiger partial charge in [0.05, 0.1) is 18.4 Å². The average Bonchev–Trinajstić information content (AvgIpc) is 2.73. The fourth-order valence-electron chi connectivity index (χ4n) is 2.62. The molecule has 0 saturated carbocycles. The highest BCUT2D eigenvalue weighted by Crippen LogP contribution is 2.27. The van der Waals surface area contributed by atoms with E-state index < -0.39 is 0 Å². The standard InChI is InChI=1S/C22H19N3O3/c1-15(26)16-8-9-17(13-23)21(11-16)25-14-18-5-4-10-24-22(18)28-20-7-3-6-19(12-20)27-2/h3-12,25H,14H2,1-2H3. The minimum Gasteiger partial charge on any atom is -0.497 e. The number of nitrogens with zero attached hydrogens (tertiary/aromatic N) is 2. The van der Waals surface area contributed by atoms with Crippen molar-refractivity contribution in [3.63, 3.8) is 0 Å². The van der Waals surface area contributed by atoms with E-state index in [2.05, 4.69) is 16.4 Å². The van der Waals surface area contributed by atoms with Crippen LogP contribution in [0.15, 0.2) is 60.8 Å². The molecule has 0 aliphatic carbocycles. The molecule has 0 aliphatic heterocycles. The fourth-order valence-corrected chi connectivity index (χ4v) is 2.62. The first-order valence-corrected chi connectivity index (χ1v) is 8.65. The second kappa shape index (κ2) is 8.69. The van der Waals surface area contributed by atoms with Crippen LogP contribution >= 0.6 is 0 Å². The Morgan fingerprint density at radius 1 is 1.14 bits per heavy atom. The minimum atomic E-state index is -0.0593. The molecular formula is C22H19N3O3. The smallest absolute Gasteiger partial charge is 0.224 e. The molecule has 0 atom stereocenters. The molecule has 0 saturated heterocycles. The van der Waals surface area contributed by atoms with E-state index in [0.29, 0.717) is 40.7 Å². The highest BCUT2D eigenvalue weighted by Gasteiger charge is 2.10. The second-order valence-corrected chi connectivity index (χ2v) is 6.03. The van der Waals surface area contributed by atoms with Gasteiger partial charge in [-0.1, -0.05) is 12.1 Å². The number of hydrogen-bond donors (Lipinski definition) is 1. The Hall–Kier alpha value is -3.85. The molecule has 3 rings (SSSR count). The lowest BCUT2D eigenvalue weighted by atomic mass is 10.1. The van der Waals surface area contributed by atoms with Gasteiger partial charge in [0.1, 0.15) is 17.6 Å². The van der Waals surface area contributed by atoms with E-state index in [9.17, 15) is 10.1 Å². The van der Waals surface area contributed by atoms with Gasteiger partial charge in [-0.25, -0.2) is 4.98 Å². The predicted molar refractivity (Wildman–Crippen MR) is 106 cm³/mol. The molecule has 1 aromatic heterocycles. The predicted octanol–water partition coefficient (Wildman–Crippen LogP) is 4.57. The number of carbonyl (C=O) groups excluding carboxylic acids is 1. The first kappa shape index (κ1) is 18.9. The number of carbonyl (C=O) groups is 1. The number of ether oxygens (including phenoxy) is 2. The van der Waals surface area contributed by atoms with Crippen molar-refractivity contribution in [1.29, 1.82) is 5.26 Å². The largest absolute Gasteiger partial charge is 0.497 e. The zero-order chi connectivity index (χ0) is 19.9. The number of Topliss-reactive ketones (excluding diaryl/α,β-unsaturated/α-hetero) is 1. The lowest BCUT2D eigenvalue weighted by Crippen LogP contribution is -2.05. The number of hydrogen-bond acceptors (Lipinski definition) is 6. The van der Waals surface area contributed by atoms with Crippen molar-refractivity contribution in [1.82, 2.24) is 4.98 Å². The van der Waals surface area contributed by atoms with Crippen molar-refractivity contribution < 1.29 is 14.3 Å². The highest BCUT2D eigenvalue weighted by atomic mass is 16.5. The molecule has 2 aromatic carbocycles. The average molecular weight is 373 g/mol. The molecule has 0 radical (unpaired) electrons. The Morgan fingerprint density at radius 2 is 1.96 bits per heavy atom. The third kappa shape index (κ3) is 4.46. The Bertz CT molecular complexity index is 1040. The highest BCUT2D eigenvalue weighted by molar-refractivity contribution is 5.95. The molecule has 0 fully saturated rings. The molecule has 1 N–H and O–H groups in total. The summed E-state index contributed by atoms with van der Waals surface area (Å²) in [6, 6.07) is 18.0. The third-order valence-corrected chi connectivity index (χ3v) is 4.12. The zero-order valence-corrected chi connectivity index (χ0v) is 15.6. The number of nitrogens with one attached hydrogen (secondary N) is 1. The Morgan fingerprint density at radius 3 is 2.71 bits per heavy atom. The molecule has 28 heavy (non-hydrogen) atoms. The summed E-state index contributed by atoms with van der Waals surface area (Å²) in [5.41, 5.74) is 2.40. The van der Waals surface area contributed by atoms with Crippen molar-refractivity contribution in [3.8, 4) is 23.4 Å². The fraction of sp³-hybridized carbons (Fsp3) is 0.136. The molecule has 140 valence electrons. The lowest BCUT2D eigenvalue weighted by Gasteiger charge is -2.13. The van der Waals surface area contributed by atoms with Gasteiger partial charge in [-0.3, -0.25) is 4.79 Å². The van der Waals surface area contributed by atoms with Crippen LogP contribution in [0.3, 0.4) is 0 Å². The van der Waals surface area contributed by atoms with Gasteiger partial charge >= 0.3 is 0 Å². The van der Waals surface area contributed by atoms with Gasteiger partial charge < -0.3 is 14.8 Å². The van der Waals surface area contributed by atoms with E-state index in [4.69, 9.17) is 9.47 Å². The maximum Gasteiger partial charge on any atom is 0.224 e. The molecule has 0 unspecified atom stereocenters. The minimum absolute atomic E-state index is 0.0593. The number of anilines is 1. The molecule has 0 bridgehead atoms. The van der Waals surface area contributed by atoms with Crippen LogP contribution in [-0.4, -0.2) is 17.9 Å². The molecule has 0 spiro atoms. The summed E-state index contributed by atoms with van der Waals surface area (Å²) in [4.78, 5) is 15.9. The number of ketones is 1. The summed E-state index contributed by atoms with van der Waals surface area (Å²) in [6.45, 7) is 1.87. The first-order chi connectivity index (χ1) is 13.6. The molecule has 6 nitrogen and oxygen atoms in total. The number of aromatic nitrogens is 1. The summed E-state index contributed by atoms with van der Waals surface area (Å²) < 4.78 is 11.1. The van der Waals surface area contributed by atoms with E-state index >= 15 is 0 Å². The number of benzene rings is 2. The summed E-state index contributed by atoms with van der Waals surface area (Å²) in [6.07, 6.45) is 1.65. The van der Waals surface area contributed by atoms with Gasteiger partial charge in [-0.05, 0) is 43.3 Å². The number of pyridine rings is 1. The summed E-state index contributed by atoms with van der Waals surface area (Å²) in [5.74, 6) is 1.68. The Kier molecular flexibility index (Phi) is 5.87. The molecule has 0 amide bonds. The monoisotopic (exact) mass is 373 g/mol. The molecule has 0 aliphatic rings. The van der Waals surface area contributed by atoms with Crippen molar-refractivity contribution in [2.24, 2.45) is 0 Å². The van der Waals surface area contributed by atoms with Gasteiger partial charge in [-0.15, -0.1) is 0 Å². The van der Waals surface area contributed by atoms with E-state index in [1.807, 2.05) is 30.3 Å². The van der Waals surface area contributed by atoms with Gasteiger partial charge in [0.25, 0.3) is 0 Å². The van der Waals surface area contributed by atoms with Crippen LogP contribution in [-0.2, 0) is 6.54 Å². The third-order valence-electron chi connectivity index (χ3n) is 4.12. The van der Waals surface area contributed by atoms with Crippen LogP contribution in [0, 0.1) is 11.3 Å². The maximum absolute atomic E-state index is 11.6. The van der Waals surface area contributed by atoms with Gasteiger partial charge in [0, 0.05) is 29.9 Å². The van der Waals surface area contributed by atoms with Crippen LogP contribution in [0.1, 0.15) is 28.4 Å². The van der Waals surface area contributed by atoms with Crippen LogP contribution in [0.4, 0.5) is 5.69 Å². The molecular weight excluding hydrogens is 354 g/mol. The van der Waals surface area contributed by atoms with Crippen molar-refractivity contribution in [2.75, 3.05) is 12.4 Å².